The first-order valence-electron chi connectivity index (χ1n) is 7.87. The Bertz CT molecular complexity index is 934. The van der Waals surface area contributed by atoms with E-state index in [0.717, 1.165) is 17.0 Å². The van der Waals surface area contributed by atoms with Crippen LogP contribution >= 0.6 is 0 Å². The summed E-state index contributed by atoms with van der Waals surface area (Å²) in [5.74, 6) is -0.425. The number of anilines is 1. The van der Waals surface area contributed by atoms with Crippen LogP contribution in [0.1, 0.15) is 17.0 Å². The third-order valence-electron chi connectivity index (χ3n) is 4.36. The highest BCUT2D eigenvalue weighted by Crippen LogP contribution is 2.27. The van der Waals surface area contributed by atoms with Crippen molar-refractivity contribution in [3.8, 4) is 0 Å². The van der Waals surface area contributed by atoms with Crippen molar-refractivity contribution in [3.05, 3.63) is 65.4 Å². The van der Waals surface area contributed by atoms with Crippen molar-refractivity contribution in [3.63, 3.8) is 0 Å². The molecule has 3 heterocycles. The number of rotatable bonds is 3. The number of nitrogens with one attached hydrogen (secondary N) is 2. The molecule has 1 aliphatic rings. The molecular formula is C18H17FN4O. The van der Waals surface area contributed by atoms with E-state index in [1.165, 1.54) is 6.07 Å². The number of nitrogens with zero attached hydrogens (tertiary/aromatic N) is 2. The van der Waals surface area contributed by atoms with Crippen molar-refractivity contribution in [1.29, 1.82) is 0 Å². The maximum atomic E-state index is 13.7. The molecule has 4 rings (SSSR count). The summed E-state index contributed by atoms with van der Waals surface area (Å²) in [6.07, 6.45) is 2.28. The van der Waals surface area contributed by atoms with Crippen molar-refractivity contribution >= 4 is 17.2 Å². The van der Waals surface area contributed by atoms with Crippen LogP contribution in [0.4, 0.5) is 10.1 Å². The van der Waals surface area contributed by atoms with Crippen LogP contribution < -0.4 is 10.6 Å². The van der Waals surface area contributed by atoms with Gasteiger partial charge in [0.15, 0.2) is 0 Å². The monoisotopic (exact) mass is 324 g/mol. The van der Waals surface area contributed by atoms with Gasteiger partial charge in [-0.3, -0.25) is 4.79 Å². The third kappa shape index (κ3) is 2.50. The molecule has 122 valence electrons. The summed E-state index contributed by atoms with van der Waals surface area (Å²) >= 11 is 0. The fourth-order valence-corrected chi connectivity index (χ4v) is 3.09. The molecule has 24 heavy (non-hydrogen) atoms. The average molecular weight is 324 g/mol. The van der Waals surface area contributed by atoms with E-state index in [9.17, 15) is 9.18 Å². The first kappa shape index (κ1) is 14.7. The Hall–Kier alpha value is -2.89. The Labute approximate surface area is 138 Å². The lowest BCUT2D eigenvalue weighted by Gasteiger charge is -2.10. The van der Waals surface area contributed by atoms with Gasteiger partial charge >= 0.3 is 0 Å². The Kier molecular flexibility index (Phi) is 3.45. The molecule has 0 fully saturated rings. The summed E-state index contributed by atoms with van der Waals surface area (Å²) in [7, 11) is 0. The van der Waals surface area contributed by atoms with Crippen LogP contribution in [0.2, 0.25) is 0 Å². The molecule has 0 saturated heterocycles. The Morgan fingerprint density at radius 3 is 3.00 bits per heavy atom. The lowest BCUT2D eigenvalue weighted by Crippen LogP contribution is -2.38. The highest BCUT2D eigenvalue weighted by atomic mass is 19.1. The minimum Gasteiger partial charge on any atom is -0.373 e. The van der Waals surface area contributed by atoms with Crippen LogP contribution in [0.5, 0.6) is 0 Å². The highest BCUT2D eigenvalue weighted by molar-refractivity contribution is 5.87. The van der Waals surface area contributed by atoms with E-state index in [1.807, 2.05) is 35.7 Å². The number of aryl methyl sites for hydroxylation is 1. The number of aromatic nitrogens is 2. The molecule has 0 bridgehead atoms. The van der Waals surface area contributed by atoms with Gasteiger partial charge in [-0.1, -0.05) is 12.1 Å². The summed E-state index contributed by atoms with van der Waals surface area (Å²) in [6, 6.07) is 10.3. The molecule has 0 spiro atoms. The first-order valence-corrected chi connectivity index (χ1v) is 7.87. The van der Waals surface area contributed by atoms with Crippen LogP contribution in [0, 0.1) is 12.7 Å². The van der Waals surface area contributed by atoms with Crippen LogP contribution in [0.3, 0.4) is 0 Å². The Balaban J connectivity index is 1.44. The topological polar surface area (TPSA) is 58.4 Å². The molecule has 0 aliphatic carbocycles. The first-order chi connectivity index (χ1) is 11.6. The van der Waals surface area contributed by atoms with Crippen molar-refractivity contribution in [1.82, 2.24) is 14.7 Å². The molecule has 1 aliphatic heterocycles. The number of carbonyl (C=O) groups excluding carboxylic acids is 1. The zero-order chi connectivity index (χ0) is 16.7. The van der Waals surface area contributed by atoms with E-state index >= 15 is 0 Å². The molecule has 2 N–H and O–H groups in total. The van der Waals surface area contributed by atoms with Gasteiger partial charge in [-0.05, 0) is 31.2 Å². The average Bonchev–Trinajstić information content (AvgIpc) is 3.18. The van der Waals surface area contributed by atoms with E-state index in [0.29, 0.717) is 24.2 Å². The van der Waals surface area contributed by atoms with E-state index in [1.54, 1.807) is 12.1 Å². The lowest BCUT2D eigenvalue weighted by molar-refractivity contribution is -0.121. The van der Waals surface area contributed by atoms with Crippen molar-refractivity contribution < 1.29 is 9.18 Å². The lowest BCUT2D eigenvalue weighted by atomic mass is 10.1. The van der Waals surface area contributed by atoms with Gasteiger partial charge in [0.2, 0.25) is 5.91 Å². The van der Waals surface area contributed by atoms with E-state index in [-0.39, 0.29) is 11.7 Å². The Morgan fingerprint density at radius 1 is 1.38 bits per heavy atom. The fourth-order valence-electron chi connectivity index (χ4n) is 3.09. The standard InChI is InChI=1S/C18H17FN4O/c1-11-4-2-7-17-21-12(10-23(11)17)9-20-18(24)16-8-13-14(19)5-3-6-15(13)22-16/h2-7,10,16,22H,8-9H2,1H3,(H,20,24). The summed E-state index contributed by atoms with van der Waals surface area (Å²) in [5, 5.41) is 5.95. The molecule has 1 amide bonds. The largest absolute Gasteiger partial charge is 0.373 e. The minimum absolute atomic E-state index is 0.153. The SMILES string of the molecule is Cc1cccc2nc(CNC(=O)C3Cc4c(F)cccc4N3)cn12. The Morgan fingerprint density at radius 2 is 2.21 bits per heavy atom. The van der Waals surface area contributed by atoms with Crippen LogP contribution in [0.25, 0.3) is 5.65 Å². The fraction of sp³-hybridized carbons (Fsp3) is 0.222. The zero-order valence-corrected chi connectivity index (χ0v) is 13.2. The normalized spacial score (nSPS) is 16.0. The van der Waals surface area contributed by atoms with Gasteiger partial charge in [-0.2, -0.15) is 0 Å². The van der Waals surface area contributed by atoms with Crippen LogP contribution in [-0.2, 0) is 17.8 Å². The second kappa shape index (κ2) is 5.63. The predicted octanol–water partition coefficient (Wildman–Crippen LogP) is 2.43. The molecule has 5 nitrogen and oxygen atoms in total. The molecule has 0 saturated carbocycles. The maximum absolute atomic E-state index is 13.7. The van der Waals surface area contributed by atoms with E-state index in [2.05, 4.69) is 15.6 Å². The predicted molar refractivity (Wildman–Crippen MR) is 89.3 cm³/mol. The summed E-state index contributed by atoms with van der Waals surface area (Å²) in [4.78, 5) is 16.8. The second-order valence-corrected chi connectivity index (χ2v) is 6.01. The molecule has 6 heteroatoms. The van der Waals surface area contributed by atoms with Gasteiger partial charge in [0, 0.05) is 29.6 Å². The van der Waals surface area contributed by atoms with Crippen molar-refractivity contribution in [2.75, 3.05) is 5.32 Å². The summed E-state index contributed by atoms with van der Waals surface area (Å²) in [5.41, 5.74) is 3.99. The summed E-state index contributed by atoms with van der Waals surface area (Å²) in [6.45, 7) is 2.35. The zero-order valence-electron chi connectivity index (χ0n) is 13.2. The number of benzene rings is 1. The number of carbonyl (C=O) groups is 1. The molecule has 1 atom stereocenters. The van der Waals surface area contributed by atoms with Gasteiger partial charge in [0.25, 0.3) is 0 Å². The van der Waals surface area contributed by atoms with E-state index in [4.69, 9.17) is 0 Å². The number of imidazole rings is 1. The van der Waals surface area contributed by atoms with Gasteiger partial charge < -0.3 is 15.0 Å². The molecule has 1 aromatic carbocycles. The van der Waals surface area contributed by atoms with Gasteiger partial charge in [0.05, 0.1) is 12.2 Å². The molecule has 1 unspecified atom stereocenters. The maximum Gasteiger partial charge on any atom is 0.243 e. The third-order valence-corrected chi connectivity index (χ3v) is 4.36. The number of amides is 1. The van der Waals surface area contributed by atoms with Crippen LogP contribution in [-0.4, -0.2) is 21.3 Å². The highest BCUT2D eigenvalue weighted by Gasteiger charge is 2.28. The molecular weight excluding hydrogens is 307 g/mol. The van der Waals surface area contributed by atoms with Crippen LogP contribution in [0.15, 0.2) is 42.6 Å². The minimum atomic E-state index is -0.448. The summed E-state index contributed by atoms with van der Waals surface area (Å²) < 4.78 is 15.7. The number of halogens is 1. The van der Waals surface area contributed by atoms with Gasteiger partial charge in [-0.15, -0.1) is 0 Å². The van der Waals surface area contributed by atoms with Crippen molar-refractivity contribution in [2.24, 2.45) is 0 Å². The number of hydrogen-bond donors (Lipinski definition) is 2. The number of pyridine rings is 1. The van der Waals surface area contributed by atoms with Crippen molar-refractivity contribution in [2.45, 2.75) is 25.9 Å². The molecule has 3 aromatic rings. The molecule has 2 aromatic heterocycles. The number of hydrogen-bond acceptors (Lipinski definition) is 3. The van der Waals surface area contributed by atoms with E-state index < -0.39 is 6.04 Å². The second-order valence-electron chi connectivity index (χ2n) is 6.01. The quantitative estimate of drug-likeness (QED) is 0.778. The molecule has 0 radical (unpaired) electrons. The smallest absolute Gasteiger partial charge is 0.243 e. The number of fused-ring (bicyclic) bond motifs is 2. The van der Waals surface area contributed by atoms with Gasteiger partial charge in [-0.25, -0.2) is 9.37 Å². The van der Waals surface area contributed by atoms with Gasteiger partial charge in [0.1, 0.15) is 17.5 Å².